The number of morpholine rings is 1. The van der Waals surface area contributed by atoms with Crippen LogP contribution in [0.2, 0.25) is 0 Å². The van der Waals surface area contributed by atoms with Gasteiger partial charge in [0.2, 0.25) is 0 Å². The van der Waals surface area contributed by atoms with Gasteiger partial charge >= 0.3 is 0 Å². The minimum atomic E-state index is 0.172. The molecule has 0 bridgehead atoms. The Hall–Kier alpha value is -2.03. The molecule has 0 aromatic heterocycles. The summed E-state index contributed by atoms with van der Waals surface area (Å²) >= 11 is 0. The van der Waals surface area contributed by atoms with Gasteiger partial charge in [-0.3, -0.25) is 14.8 Å². The minimum absolute atomic E-state index is 0.172. The van der Waals surface area contributed by atoms with Crippen molar-refractivity contribution < 1.29 is 14.2 Å². The van der Waals surface area contributed by atoms with Crippen LogP contribution in [0.3, 0.4) is 0 Å². The van der Waals surface area contributed by atoms with Gasteiger partial charge in [0.1, 0.15) is 0 Å². The average molecular weight is 448 g/mol. The number of nitrogens with zero attached hydrogens (tertiary/aromatic N) is 3. The van der Waals surface area contributed by atoms with Crippen LogP contribution in [0.25, 0.3) is 0 Å². The molecule has 1 aromatic carbocycles. The number of hydrogen-bond donors (Lipinski definition) is 2. The van der Waals surface area contributed by atoms with Crippen molar-refractivity contribution >= 4 is 5.96 Å². The molecule has 2 aliphatic rings. The molecular weight excluding hydrogens is 406 g/mol. The molecule has 2 N–H and O–H groups in total. The minimum Gasteiger partial charge on any atom is -0.493 e. The molecule has 2 aliphatic heterocycles. The van der Waals surface area contributed by atoms with Gasteiger partial charge in [-0.1, -0.05) is 13.0 Å². The summed E-state index contributed by atoms with van der Waals surface area (Å²) in [5.74, 6) is 2.93. The first-order valence-corrected chi connectivity index (χ1v) is 11.7. The van der Waals surface area contributed by atoms with Crippen LogP contribution in [0, 0.1) is 5.92 Å². The summed E-state index contributed by atoms with van der Waals surface area (Å²) in [6.45, 7) is 13.0. The van der Waals surface area contributed by atoms with Crippen molar-refractivity contribution in [2.24, 2.45) is 10.9 Å². The molecule has 0 aliphatic carbocycles. The standard InChI is InChI=1S/C24H41N5O3/c1-17(2)29-15-18(3)20(16-29)27-24(25-4)26-14-21(28-9-11-32-12-10-28)19-7-8-22(30-5)23(13-19)31-6/h7-8,13,17-18,20-21H,9-12,14-16H2,1-6H3,(H2,25,26,27). The van der Waals surface area contributed by atoms with Gasteiger partial charge in [0, 0.05) is 51.9 Å². The number of rotatable bonds is 8. The fourth-order valence-electron chi connectivity index (χ4n) is 4.58. The monoisotopic (exact) mass is 447 g/mol. The first-order valence-electron chi connectivity index (χ1n) is 11.7. The summed E-state index contributed by atoms with van der Waals surface area (Å²) in [7, 11) is 5.19. The SMILES string of the molecule is CN=C(NCC(c1ccc(OC)c(OC)c1)N1CCOCC1)NC1CN(C(C)C)CC1C. The number of guanidine groups is 1. The highest BCUT2D eigenvalue weighted by atomic mass is 16.5. The van der Waals surface area contributed by atoms with Crippen LogP contribution in [0.15, 0.2) is 23.2 Å². The number of likely N-dealkylation sites (tertiary alicyclic amines) is 1. The van der Waals surface area contributed by atoms with Gasteiger partial charge in [0.25, 0.3) is 0 Å². The maximum absolute atomic E-state index is 5.60. The fourth-order valence-corrected chi connectivity index (χ4v) is 4.58. The molecule has 0 amide bonds. The van der Waals surface area contributed by atoms with Crippen molar-refractivity contribution in [3.63, 3.8) is 0 Å². The summed E-state index contributed by atoms with van der Waals surface area (Å²) in [5, 5.41) is 7.25. The summed E-state index contributed by atoms with van der Waals surface area (Å²) in [6.07, 6.45) is 0. The highest BCUT2D eigenvalue weighted by molar-refractivity contribution is 5.80. The number of methoxy groups -OCH3 is 2. The summed E-state index contributed by atoms with van der Waals surface area (Å²) in [5.41, 5.74) is 1.19. The third-order valence-corrected chi connectivity index (χ3v) is 6.66. The van der Waals surface area contributed by atoms with E-state index in [1.165, 1.54) is 5.56 Å². The van der Waals surface area contributed by atoms with Gasteiger partial charge in [0.15, 0.2) is 17.5 Å². The number of hydrogen-bond acceptors (Lipinski definition) is 6. The molecular formula is C24H41N5O3. The van der Waals surface area contributed by atoms with Crippen molar-refractivity contribution in [2.75, 3.05) is 67.2 Å². The molecule has 1 aromatic rings. The molecule has 8 heteroatoms. The van der Waals surface area contributed by atoms with E-state index in [-0.39, 0.29) is 6.04 Å². The van der Waals surface area contributed by atoms with Crippen molar-refractivity contribution in [2.45, 2.75) is 38.9 Å². The lowest BCUT2D eigenvalue weighted by Crippen LogP contribution is -2.50. The van der Waals surface area contributed by atoms with Crippen molar-refractivity contribution in [3.8, 4) is 11.5 Å². The molecule has 0 saturated carbocycles. The van der Waals surface area contributed by atoms with Gasteiger partial charge in [-0.15, -0.1) is 0 Å². The van der Waals surface area contributed by atoms with Gasteiger partial charge < -0.3 is 24.8 Å². The van der Waals surface area contributed by atoms with Crippen LogP contribution >= 0.6 is 0 Å². The number of aliphatic imine (C=N–C) groups is 1. The second kappa shape index (κ2) is 11.7. The lowest BCUT2D eigenvalue weighted by molar-refractivity contribution is 0.0169. The van der Waals surface area contributed by atoms with E-state index < -0.39 is 0 Å². The third kappa shape index (κ3) is 6.05. The largest absolute Gasteiger partial charge is 0.493 e. The van der Waals surface area contributed by atoms with E-state index in [1.807, 2.05) is 13.1 Å². The maximum Gasteiger partial charge on any atom is 0.191 e. The van der Waals surface area contributed by atoms with Gasteiger partial charge in [-0.05, 0) is 37.5 Å². The maximum atomic E-state index is 5.60. The molecule has 2 fully saturated rings. The second-order valence-corrected chi connectivity index (χ2v) is 9.01. The first-order chi connectivity index (χ1) is 15.5. The van der Waals surface area contributed by atoms with E-state index >= 15 is 0 Å². The van der Waals surface area contributed by atoms with E-state index in [0.717, 1.165) is 63.4 Å². The van der Waals surface area contributed by atoms with E-state index in [0.29, 0.717) is 18.0 Å². The Morgan fingerprint density at radius 1 is 1.12 bits per heavy atom. The van der Waals surface area contributed by atoms with Crippen molar-refractivity contribution in [1.29, 1.82) is 0 Å². The number of ether oxygens (including phenoxy) is 3. The molecule has 3 rings (SSSR count). The van der Waals surface area contributed by atoms with Crippen LogP contribution in [0.4, 0.5) is 0 Å². The van der Waals surface area contributed by atoms with E-state index in [2.05, 4.69) is 58.3 Å². The highest BCUT2D eigenvalue weighted by Crippen LogP contribution is 2.32. The van der Waals surface area contributed by atoms with E-state index in [1.54, 1.807) is 14.2 Å². The van der Waals surface area contributed by atoms with Crippen LogP contribution in [0.1, 0.15) is 32.4 Å². The summed E-state index contributed by atoms with van der Waals surface area (Å²) in [4.78, 5) is 9.50. The Kier molecular flexibility index (Phi) is 9.02. The summed E-state index contributed by atoms with van der Waals surface area (Å²) < 4.78 is 16.6. The Bertz CT molecular complexity index is 751. The zero-order valence-corrected chi connectivity index (χ0v) is 20.6. The number of benzene rings is 1. The molecule has 3 atom stereocenters. The normalized spacial score (nSPS) is 23.9. The van der Waals surface area contributed by atoms with Gasteiger partial charge in [-0.2, -0.15) is 0 Å². The Labute approximate surface area is 193 Å². The third-order valence-electron chi connectivity index (χ3n) is 6.66. The highest BCUT2D eigenvalue weighted by Gasteiger charge is 2.31. The molecule has 2 heterocycles. The predicted octanol–water partition coefficient (Wildman–Crippen LogP) is 1.97. The topological polar surface area (TPSA) is 70.6 Å². The quantitative estimate of drug-likeness (QED) is 0.466. The lowest BCUT2D eigenvalue weighted by Gasteiger charge is -2.35. The summed E-state index contributed by atoms with van der Waals surface area (Å²) in [6, 6.07) is 7.32. The lowest BCUT2D eigenvalue weighted by atomic mass is 10.0. The second-order valence-electron chi connectivity index (χ2n) is 9.01. The number of nitrogens with one attached hydrogen (secondary N) is 2. The molecule has 0 radical (unpaired) electrons. The van der Waals surface area contributed by atoms with Gasteiger partial charge in [-0.25, -0.2) is 0 Å². The van der Waals surface area contributed by atoms with Gasteiger partial charge in [0.05, 0.1) is 33.5 Å². The Morgan fingerprint density at radius 3 is 2.44 bits per heavy atom. The molecule has 2 saturated heterocycles. The molecule has 32 heavy (non-hydrogen) atoms. The van der Waals surface area contributed by atoms with Crippen LogP contribution in [-0.4, -0.2) is 95.0 Å². The zero-order chi connectivity index (χ0) is 23.1. The van der Waals surface area contributed by atoms with Crippen molar-refractivity contribution in [1.82, 2.24) is 20.4 Å². The fraction of sp³-hybridized carbons (Fsp3) is 0.708. The molecule has 180 valence electrons. The van der Waals surface area contributed by atoms with Crippen LogP contribution in [0.5, 0.6) is 11.5 Å². The van der Waals surface area contributed by atoms with E-state index in [9.17, 15) is 0 Å². The van der Waals surface area contributed by atoms with Crippen molar-refractivity contribution in [3.05, 3.63) is 23.8 Å². The first kappa shape index (κ1) is 24.6. The van der Waals surface area contributed by atoms with Crippen LogP contribution < -0.4 is 20.1 Å². The Balaban J connectivity index is 1.70. The average Bonchev–Trinajstić information content (AvgIpc) is 3.19. The van der Waals surface area contributed by atoms with Crippen LogP contribution in [-0.2, 0) is 4.74 Å². The van der Waals surface area contributed by atoms with E-state index in [4.69, 9.17) is 14.2 Å². The Morgan fingerprint density at radius 2 is 1.84 bits per heavy atom. The molecule has 3 unspecified atom stereocenters. The molecule has 0 spiro atoms. The predicted molar refractivity (Wildman–Crippen MR) is 129 cm³/mol. The smallest absolute Gasteiger partial charge is 0.191 e. The zero-order valence-electron chi connectivity index (χ0n) is 20.6. The molecule has 8 nitrogen and oxygen atoms in total.